The van der Waals surface area contributed by atoms with E-state index >= 15 is 0 Å². The molecule has 26 heavy (non-hydrogen) atoms. The van der Waals surface area contributed by atoms with Crippen molar-refractivity contribution in [3.63, 3.8) is 0 Å². The minimum atomic E-state index is -3.00. The first kappa shape index (κ1) is 17.7. The first-order chi connectivity index (χ1) is 12.4. The molecule has 7 heteroatoms. The molecular formula is C19H22N2O3S2. The highest BCUT2D eigenvalue weighted by Gasteiger charge is 2.42. The maximum atomic E-state index is 12.9. The Labute approximate surface area is 158 Å². The predicted molar refractivity (Wildman–Crippen MR) is 103 cm³/mol. The standard InChI is InChI=1S/C19H22N2O3S2/c1-13-3-2-4-14(9-13)19-20-15(11-25-19)10-18(22)21(16-5-6-16)17-7-8-26(23,24)12-17/h2-4,9,11,16-17H,5-8,10,12H2,1H3. The Morgan fingerprint density at radius 2 is 2.08 bits per heavy atom. The Morgan fingerprint density at radius 1 is 1.27 bits per heavy atom. The molecule has 1 amide bonds. The molecule has 2 aromatic rings. The average Bonchev–Trinajstić information content (AvgIpc) is 3.18. The van der Waals surface area contributed by atoms with Gasteiger partial charge in [0.25, 0.3) is 0 Å². The highest BCUT2D eigenvalue weighted by atomic mass is 32.2. The number of thiazole rings is 1. The van der Waals surface area contributed by atoms with Gasteiger partial charge in [-0.3, -0.25) is 4.79 Å². The molecule has 138 valence electrons. The monoisotopic (exact) mass is 390 g/mol. The molecule has 1 aliphatic heterocycles. The summed E-state index contributed by atoms with van der Waals surface area (Å²) < 4.78 is 23.6. The van der Waals surface area contributed by atoms with E-state index in [1.165, 1.54) is 5.56 Å². The van der Waals surface area contributed by atoms with E-state index in [-0.39, 0.29) is 35.9 Å². The molecule has 1 aromatic carbocycles. The van der Waals surface area contributed by atoms with E-state index in [1.54, 1.807) is 11.3 Å². The van der Waals surface area contributed by atoms with Crippen molar-refractivity contribution < 1.29 is 13.2 Å². The largest absolute Gasteiger partial charge is 0.335 e. The molecule has 0 radical (unpaired) electrons. The smallest absolute Gasteiger partial charge is 0.229 e. The molecule has 1 unspecified atom stereocenters. The van der Waals surface area contributed by atoms with E-state index in [9.17, 15) is 13.2 Å². The first-order valence-corrected chi connectivity index (χ1v) is 11.6. The summed E-state index contributed by atoms with van der Waals surface area (Å²) in [5.41, 5.74) is 3.01. The Morgan fingerprint density at radius 3 is 2.73 bits per heavy atom. The van der Waals surface area contributed by atoms with E-state index in [0.717, 1.165) is 29.1 Å². The number of carbonyl (C=O) groups excluding carboxylic acids is 1. The number of aromatic nitrogens is 1. The third-order valence-corrected chi connectivity index (χ3v) is 7.67. The van der Waals surface area contributed by atoms with Crippen molar-refractivity contribution in [1.82, 2.24) is 9.88 Å². The van der Waals surface area contributed by atoms with E-state index in [0.29, 0.717) is 6.42 Å². The zero-order chi connectivity index (χ0) is 18.3. The number of aryl methyl sites for hydroxylation is 1. The Bertz CT molecular complexity index is 932. The van der Waals surface area contributed by atoms with Gasteiger partial charge in [0.1, 0.15) is 5.01 Å². The van der Waals surface area contributed by atoms with Crippen molar-refractivity contribution in [3.05, 3.63) is 40.9 Å². The number of sulfone groups is 1. The highest BCUT2D eigenvalue weighted by Crippen LogP contribution is 2.33. The van der Waals surface area contributed by atoms with Crippen LogP contribution in [-0.4, -0.2) is 47.8 Å². The second-order valence-electron chi connectivity index (χ2n) is 7.28. The van der Waals surface area contributed by atoms with Crippen LogP contribution in [-0.2, 0) is 21.1 Å². The minimum Gasteiger partial charge on any atom is -0.335 e. The van der Waals surface area contributed by atoms with Crippen molar-refractivity contribution in [3.8, 4) is 10.6 Å². The summed E-state index contributed by atoms with van der Waals surface area (Å²) in [5.74, 6) is 0.319. The summed E-state index contributed by atoms with van der Waals surface area (Å²) in [5, 5.41) is 2.85. The van der Waals surface area contributed by atoms with E-state index in [4.69, 9.17) is 0 Å². The van der Waals surface area contributed by atoms with Crippen LogP contribution in [0.3, 0.4) is 0 Å². The summed E-state index contributed by atoms with van der Waals surface area (Å²) in [6, 6.07) is 8.23. The Hall–Kier alpha value is -1.73. The van der Waals surface area contributed by atoms with Gasteiger partial charge in [-0.05, 0) is 32.3 Å². The molecule has 1 saturated heterocycles. The van der Waals surface area contributed by atoms with Crippen molar-refractivity contribution in [2.45, 2.75) is 44.7 Å². The second kappa shape index (κ2) is 6.78. The summed E-state index contributed by atoms with van der Waals surface area (Å²) in [4.78, 5) is 19.4. The number of hydrogen-bond donors (Lipinski definition) is 0. The van der Waals surface area contributed by atoms with Crippen LogP contribution in [0.25, 0.3) is 10.6 Å². The van der Waals surface area contributed by atoms with Crippen molar-refractivity contribution in [2.75, 3.05) is 11.5 Å². The molecule has 1 aliphatic carbocycles. The zero-order valence-corrected chi connectivity index (χ0v) is 16.4. The van der Waals surface area contributed by atoms with Gasteiger partial charge >= 0.3 is 0 Å². The molecular weight excluding hydrogens is 368 g/mol. The summed E-state index contributed by atoms with van der Waals surface area (Å²) in [6.07, 6.45) is 2.77. The molecule has 1 aromatic heterocycles. The van der Waals surface area contributed by atoms with Crippen LogP contribution in [0, 0.1) is 6.92 Å². The van der Waals surface area contributed by atoms with Gasteiger partial charge in [0.2, 0.25) is 5.91 Å². The van der Waals surface area contributed by atoms with Crippen LogP contribution in [0.5, 0.6) is 0 Å². The topological polar surface area (TPSA) is 67.3 Å². The molecule has 0 bridgehead atoms. The van der Waals surface area contributed by atoms with E-state index in [2.05, 4.69) is 11.1 Å². The Balaban J connectivity index is 1.49. The minimum absolute atomic E-state index is 0.00990. The molecule has 1 atom stereocenters. The number of benzene rings is 1. The van der Waals surface area contributed by atoms with Crippen molar-refractivity contribution >= 4 is 27.1 Å². The fourth-order valence-corrected chi connectivity index (χ4v) is 6.13. The van der Waals surface area contributed by atoms with Crippen LogP contribution < -0.4 is 0 Å². The fourth-order valence-electron chi connectivity index (χ4n) is 3.60. The molecule has 0 spiro atoms. The first-order valence-electron chi connectivity index (χ1n) is 8.94. The van der Waals surface area contributed by atoms with Crippen molar-refractivity contribution in [1.29, 1.82) is 0 Å². The molecule has 4 rings (SSSR count). The predicted octanol–water partition coefficient (Wildman–Crippen LogP) is 2.84. The maximum absolute atomic E-state index is 12.9. The summed E-state index contributed by atoms with van der Waals surface area (Å²) >= 11 is 1.54. The molecule has 0 N–H and O–H groups in total. The molecule has 2 heterocycles. The van der Waals surface area contributed by atoms with E-state index in [1.807, 2.05) is 35.4 Å². The van der Waals surface area contributed by atoms with Gasteiger partial charge in [-0.15, -0.1) is 11.3 Å². The van der Waals surface area contributed by atoms with Crippen molar-refractivity contribution in [2.24, 2.45) is 0 Å². The van der Waals surface area contributed by atoms with Crippen LogP contribution in [0.1, 0.15) is 30.5 Å². The number of carbonyl (C=O) groups is 1. The van der Waals surface area contributed by atoms with Gasteiger partial charge in [0.05, 0.1) is 23.6 Å². The number of amides is 1. The van der Waals surface area contributed by atoms with Crippen LogP contribution in [0.4, 0.5) is 0 Å². The molecule has 2 aliphatic rings. The lowest BCUT2D eigenvalue weighted by Crippen LogP contribution is -2.43. The van der Waals surface area contributed by atoms with Gasteiger partial charge in [0.15, 0.2) is 9.84 Å². The third kappa shape index (κ3) is 3.83. The van der Waals surface area contributed by atoms with Crippen LogP contribution in [0.2, 0.25) is 0 Å². The number of rotatable bonds is 5. The summed E-state index contributed by atoms with van der Waals surface area (Å²) in [7, 11) is -3.00. The molecule has 5 nitrogen and oxygen atoms in total. The second-order valence-corrected chi connectivity index (χ2v) is 10.4. The maximum Gasteiger partial charge on any atom is 0.229 e. The lowest BCUT2D eigenvalue weighted by molar-refractivity contribution is -0.133. The normalized spacial score (nSPS) is 21.7. The highest BCUT2D eigenvalue weighted by molar-refractivity contribution is 7.91. The zero-order valence-electron chi connectivity index (χ0n) is 14.7. The lowest BCUT2D eigenvalue weighted by atomic mass is 10.1. The van der Waals surface area contributed by atoms with Gasteiger partial charge < -0.3 is 4.90 Å². The quantitative estimate of drug-likeness (QED) is 0.787. The van der Waals surface area contributed by atoms with Crippen LogP contribution in [0.15, 0.2) is 29.6 Å². The van der Waals surface area contributed by atoms with Gasteiger partial charge in [-0.25, -0.2) is 13.4 Å². The number of nitrogens with zero attached hydrogens (tertiary/aromatic N) is 2. The SMILES string of the molecule is Cc1cccc(-c2nc(CC(=O)N(C3CC3)C3CCS(=O)(=O)C3)cs2)c1. The van der Waals surface area contributed by atoms with Gasteiger partial charge in [0, 0.05) is 23.0 Å². The third-order valence-electron chi connectivity index (χ3n) is 4.98. The Kier molecular flexibility index (Phi) is 4.61. The van der Waals surface area contributed by atoms with E-state index < -0.39 is 9.84 Å². The average molecular weight is 391 g/mol. The lowest BCUT2D eigenvalue weighted by Gasteiger charge is -2.28. The molecule has 1 saturated carbocycles. The number of hydrogen-bond acceptors (Lipinski definition) is 5. The van der Waals surface area contributed by atoms with Gasteiger partial charge in [-0.1, -0.05) is 23.8 Å². The van der Waals surface area contributed by atoms with Crippen LogP contribution >= 0.6 is 11.3 Å². The fraction of sp³-hybridized carbons (Fsp3) is 0.474. The van der Waals surface area contributed by atoms with Gasteiger partial charge in [-0.2, -0.15) is 0 Å². The molecule has 2 fully saturated rings. The summed E-state index contributed by atoms with van der Waals surface area (Å²) in [6.45, 7) is 2.05.